The van der Waals surface area contributed by atoms with E-state index >= 15 is 0 Å². The van der Waals surface area contributed by atoms with Gasteiger partial charge in [-0.15, -0.1) is 0 Å². The molecule has 0 saturated heterocycles. The average Bonchev–Trinajstić information content (AvgIpc) is 2.12. The predicted octanol–water partition coefficient (Wildman–Crippen LogP) is -7.82. The zero-order valence-corrected chi connectivity index (χ0v) is 10.7. The van der Waals surface area contributed by atoms with Crippen LogP contribution in [0.4, 0.5) is 0 Å². The topological polar surface area (TPSA) is 141 Å². The Kier molecular flexibility index (Phi) is 10.0. The first-order valence-corrected chi connectivity index (χ1v) is 3.45. The molecule has 0 aromatic rings. The monoisotopic (exact) mass is 234 g/mol. The average molecular weight is 234 g/mol. The Balaban J connectivity index is 0. The van der Waals surface area contributed by atoms with Crippen molar-refractivity contribution in [3.05, 3.63) is 0 Å². The number of carbonyl (C=O) groups excluding carboxylic acids is 1. The van der Waals surface area contributed by atoms with Gasteiger partial charge in [0.2, 0.25) is 0 Å². The van der Waals surface area contributed by atoms with Gasteiger partial charge in [-0.05, 0) is 0 Å². The maximum Gasteiger partial charge on any atom is 1.00 e. The first-order chi connectivity index (χ1) is 5.91. The first-order valence-electron chi connectivity index (χ1n) is 3.45. The van der Waals surface area contributed by atoms with Crippen LogP contribution in [0.5, 0.6) is 0 Å². The Hall–Kier alpha value is 0.906. The third-order valence-corrected chi connectivity index (χ3v) is 1.50. The summed E-state index contributed by atoms with van der Waals surface area (Å²) >= 11 is 0. The van der Waals surface area contributed by atoms with E-state index in [0.717, 1.165) is 0 Å². The van der Waals surface area contributed by atoms with Gasteiger partial charge in [0.1, 0.15) is 24.4 Å². The molecule has 0 fully saturated rings. The number of hydrogen-bond acceptors (Lipinski definition) is 7. The van der Waals surface area contributed by atoms with E-state index in [1.54, 1.807) is 0 Å². The van der Waals surface area contributed by atoms with E-state index < -0.39 is 37.0 Å². The molecule has 0 saturated carbocycles. The van der Waals surface area contributed by atoms with Crippen LogP contribution in [0.3, 0.4) is 0 Å². The quantitative estimate of drug-likeness (QED) is 0.297. The maximum absolute atomic E-state index is 9.98. The van der Waals surface area contributed by atoms with Gasteiger partial charge in [0.05, 0.1) is 12.6 Å². The van der Waals surface area contributed by atoms with Gasteiger partial charge in [-0.25, -0.2) is 0 Å². The van der Waals surface area contributed by atoms with Crippen molar-refractivity contribution in [3.63, 3.8) is 0 Å². The summed E-state index contributed by atoms with van der Waals surface area (Å²) < 4.78 is 0. The van der Waals surface area contributed by atoms with Crippen molar-refractivity contribution in [2.24, 2.45) is 0 Å². The van der Waals surface area contributed by atoms with Crippen LogP contribution in [0.15, 0.2) is 0 Å². The zero-order chi connectivity index (χ0) is 10.6. The van der Waals surface area contributed by atoms with Gasteiger partial charge < -0.3 is 35.4 Å². The molecule has 0 amide bonds. The third kappa shape index (κ3) is 5.12. The van der Waals surface area contributed by atoms with Gasteiger partial charge in [0.25, 0.3) is 0 Å². The smallest absolute Gasteiger partial charge is 0.547 e. The molecule has 4 atom stereocenters. The predicted molar refractivity (Wildman–Crippen MR) is 36.1 cm³/mol. The SMILES string of the molecule is O=C([O-])[C@H](O)[C@@H](O)[C@@H](O)[C@H](O)CO.[K+]. The van der Waals surface area contributed by atoms with Crippen LogP contribution < -0.4 is 56.5 Å². The Labute approximate surface area is 122 Å². The molecule has 5 N–H and O–H groups in total. The van der Waals surface area contributed by atoms with E-state index in [0.29, 0.717) is 0 Å². The summed E-state index contributed by atoms with van der Waals surface area (Å²) in [6, 6.07) is 0. The van der Waals surface area contributed by atoms with E-state index in [1.807, 2.05) is 0 Å². The molecule has 0 bridgehead atoms. The van der Waals surface area contributed by atoms with E-state index in [9.17, 15) is 9.90 Å². The normalized spacial score (nSPS) is 18.9. The van der Waals surface area contributed by atoms with Crippen molar-refractivity contribution in [2.45, 2.75) is 24.4 Å². The molecule has 0 unspecified atom stereocenters. The van der Waals surface area contributed by atoms with Gasteiger partial charge >= 0.3 is 51.4 Å². The van der Waals surface area contributed by atoms with Crippen molar-refractivity contribution >= 4 is 5.97 Å². The molecule has 0 aromatic carbocycles. The van der Waals surface area contributed by atoms with Crippen LogP contribution in [0.2, 0.25) is 0 Å². The van der Waals surface area contributed by atoms with Crippen molar-refractivity contribution in [1.82, 2.24) is 0 Å². The molecule has 8 heteroatoms. The number of carboxylic acid groups (broad SMARTS) is 1. The molecule has 0 aliphatic rings. The van der Waals surface area contributed by atoms with Crippen LogP contribution >= 0.6 is 0 Å². The largest absolute Gasteiger partial charge is 1.00 e. The van der Waals surface area contributed by atoms with Crippen molar-refractivity contribution < 1.29 is 86.8 Å². The Bertz CT molecular complexity index is 176. The minimum absolute atomic E-state index is 0. The minimum atomic E-state index is -2.31. The van der Waals surface area contributed by atoms with Gasteiger partial charge in [-0.1, -0.05) is 0 Å². The van der Waals surface area contributed by atoms with Gasteiger partial charge in [-0.3, -0.25) is 0 Å². The summed E-state index contributed by atoms with van der Waals surface area (Å²) in [5.41, 5.74) is 0. The molecule has 0 aromatic heterocycles. The Morgan fingerprint density at radius 2 is 1.57 bits per heavy atom. The van der Waals surface area contributed by atoms with Crippen LogP contribution in [0.25, 0.3) is 0 Å². The molecule has 78 valence electrons. The van der Waals surface area contributed by atoms with Crippen LogP contribution in [-0.2, 0) is 4.79 Å². The van der Waals surface area contributed by atoms with Gasteiger partial charge in [0, 0.05) is 0 Å². The van der Waals surface area contributed by atoms with E-state index in [-0.39, 0.29) is 51.4 Å². The molecular weight excluding hydrogens is 223 g/mol. The summed E-state index contributed by atoms with van der Waals surface area (Å²) in [6.45, 7) is -0.863. The van der Waals surface area contributed by atoms with Crippen LogP contribution in [0.1, 0.15) is 0 Å². The number of rotatable bonds is 5. The molecule has 0 aliphatic heterocycles. The number of aliphatic carboxylic acids is 1. The summed E-state index contributed by atoms with van der Waals surface area (Å²) in [6.07, 6.45) is -8.08. The Morgan fingerprint density at radius 3 is 1.86 bits per heavy atom. The minimum Gasteiger partial charge on any atom is -0.547 e. The molecule has 0 spiro atoms. The Morgan fingerprint density at radius 1 is 1.14 bits per heavy atom. The molecule has 0 radical (unpaired) electrons. The fourth-order valence-corrected chi connectivity index (χ4v) is 0.662. The summed E-state index contributed by atoms with van der Waals surface area (Å²) in [7, 11) is 0. The first kappa shape index (κ1) is 17.3. The molecule has 0 heterocycles. The second-order valence-electron chi connectivity index (χ2n) is 2.49. The molecule has 7 nitrogen and oxygen atoms in total. The molecule has 14 heavy (non-hydrogen) atoms. The van der Waals surface area contributed by atoms with E-state index in [4.69, 9.17) is 25.5 Å². The fourth-order valence-electron chi connectivity index (χ4n) is 0.662. The van der Waals surface area contributed by atoms with Gasteiger partial charge in [0.15, 0.2) is 0 Å². The molecular formula is C6H11KO7. The van der Waals surface area contributed by atoms with Gasteiger partial charge in [-0.2, -0.15) is 0 Å². The van der Waals surface area contributed by atoms with Crippen molar-refractivity contribution in [3.8, 4) is 0 Å². The van der Waals surface area contributed by atoms with Crippen molar-refractivity contribution in [1.29, 1.82) is 0 Å². The number of aliphatic hydroxyl groups excluding tert-OH is 5. The third-order valence-electron chi connectivity index (χ3n) is 1.50. The summed E-state index contributed by atoms with van der Waals surface area (Å²) in [5.74, 6) is -1.98. The fraction of sp³-hybridized carbons (Fsp3) is 0.833. The molecule has 0 aliphatic carbocycles. The van der Waals surface area contributed by atoms with Crippen LogP contribution in [0, 0.1) is 0 Å². The number of carboxylic acids is 1. The van der Waals surface area contributed by atoms with E-state index in [2.05, 4.69) is 0 Å². The zero-order valence-electron chi connectivity index (χ0n) is 7.57. The second-order valence-corrected chi connectivity index (χ2v) is 2.49. The maximum atomic E-state index is 9.98. The summed E-state index contributed by atoms with van der Waals surface area (Å²) in [5, 5.41) is 53.4. The summed E-state index contributed by atoms with van der Waals surface area (Å²) in [4.78, 5) is 9.98. The van der Waals surface area contributed by atoms with Crippen molar-refractivity contribution in [2.75, 3.05) is 6.61 Å². The standard InChI is InChI=1S/C6H12O7.K/c7-1-2(8)3(9)4(10)5(11)6(12)13;/h2-5,7-11H,1H2,(H,12,13);/q;+1/p-1/t2-,3+,4+,5-;/m1./s1. The van der Waals surface area contributed by atoms with E-state index in [1.165, 1.54) is 0 Å². The van der Waals surface area contributed by atoms with Crippen LogP contribution in [-0.4, -0.2) is 62.5 Å². The number of carbonyl (C=O) groups is 1. The second kappa shape index (κ2) is 8.10. The number of hydrogen-bond donors (Lipinski definition) is 5. The number of aliphatic hydroxyl groups is 5. The molecule has 0 rings (SSSR count).